The Balaban J connectivity index is 3.45. The zero-order valence-electron chi connectivity index (χ0n) is 7.52. The summed E-state index contributed by atoms with van der Waals surface area (Å²) < 4.78 is 61.4. The molecule has 1 rings (SSSR count). The maximum atomic E-state index is 12.3. The Morgan fingerprint density at radius 2 is 1.67 bits per heavy atom. The van der Waals surface area contributed by atoms with E-state index in [9.17, 15) is 24.2 Å². The third-order valence-corrected chi connectivity index (χ3v) is 2.96. The zero-order chi connectivity index (χ0) is 12.0. The van der Waals surface area contributed by atoms with Gasteiger partial charge in [-0.25, -0.2) is 0 Å². The second-order valence-corrected chi connectivity index (χ2v) is 5.51. The molecule has 0 aliphatic heterocycles. The Bertz CT molecular complexity index is 422. The van der Waals surface area contributed by atoms with Crippen LogP contribution in [0.4, 0.5) is 19.4 Å². The molecule has 0 fully saturated rings. The van der Waals surface area contributed by atoms with E-state index in [-0.39, 0.29) is 23.3 Å². The summed E-state index contributed by atoms with van der Waals surface area (Å²) in [5, 5.41) is 0. The number of carbonyl (C=O) groups excluding carboxylic acids is 1. The predicted octanol–water partition coefficient (Wildman–Crippen LogP) is 4.46. The molecule has 0 atom stereocenters. The summed E-state index contributed by atoms with van der Waals surface area (Å²) in [4.78, 5) is 8.31. The summed E-state index contributed by atoms with van der Waals surface area (Å²) in [5.41, 5.74) is -0.170. The van der Waals surface area contributed by atoms with Crippen molar-refractivity contribution in [3.05, 3.63) is 29.3 Å². The average molecular weight is 246 g/mol. The number of hydrogen-bond acceptors (Lipinski definition) is 1. The number of rotatable bonds is 2. The van der Waals surface area contributed by atoms with Crippen LogP contribution < -0.4 is 0 Å². The second-order valence-electron chi connectivity index (χ2n) is 3.11. The van der Waals surface area contributed by atoms with Gasteiger partial charge in [-0.15, -0.1) is 0 Å². The molecule has 1 aromatic rings. The highest BCUT2D eigenvalue weighted by molar-refractivity contribution is 8.45. The fourth-order valence-electron chi connectivity index (χ4n) is 1.02. The Morgan fingerprint density at radius 1 is 1.13 bits per heavy atom. The Labute approximate surface area is 82.6 Å². The third kappa shape index (κ3) is 2.68. The molecule has 0 heterocycles. The van der Waals surface area contributed by atoms with Crippen LogP contribution in [0.5, 0.6) is 0 Å². The molecule has 0 unspecified atom stereocenters. The summed E-state index contributed by atoms with van der Waals surface area (Å²) in [5.74, 6) is 0. The highest BCUT2D eigenvalue weighted by atomic mass is 32.5. The molecule has 0 N–H and O–H groups in total. The molecule has 0 saturated heterocycles. The van der Waals surface area contributed by atoms with Gasteiger partial charge in [0.25, 0.3) is 0 Å². The molecule has 7 heteroatoms. The SMILES string of the molecule is Cc1cc(S(F)(F)(F)(F)F)ccc1C=O. The van der Waals surface area contributed by atoms with Crippen molar-refractivity contribution >= 4 is 16.5 Å². The van der Waals surface area contributed by atoms with Crippen LogP contribution in [-0.4, -0.2) is 6.29 Å². The first-order valence-electron chi connectivity index (χ1n) is 3.74. The topological polar surface area (TPSA) is 17.1 Å². The van der Waals surface area contributed by atoms with Crippen molar-refractivity contribution in [3.63, 3.8) is 0 Å². The van der Waals surface area contributed by atoms with Crippen LogP contribution in [0.1, 0.15) is 15.9 Å². The van der Waals surface area contributed by atoms with Crippen LogP contribution in [0.2, 0.25) is 0 Å². The van der Waals surface area contributed by atoms with Gasteiger partial charge < -0.3 is 0 Å². The Kier molecular flexibility index (Phi) is 2.01. The summed E-state index contributed by atoms with van der Waals surface area (Å²) >= 11 is 0. The molecule has 0 bridgehead atoms. The standard InChI is InChI=1S/C8H7F5OS/c1-6-4-8(3-2-7(6)5-14)15(9,10,11,12)13/h2-5H,1H3. The smallest absolute Gasteiger partial charge is 0.298 e. The molecule has 0 spiro atoms. The maximum Gasteiger partial charge on any atom is 0.310 e. The molecule has 0 aliphatic carbocycles. The molecule has 1 nitrogen and oxygen atoms in total. The van der Waals surface area contributed by atoms with Gasteiger partial charge in [0.15, 0.2) is 0 Å². The minimum atomic E-state index is -9.62. The third-order valence-electron chi connectivity index (χ3n) is 1.81. The highest BCUT2D eigenvalue weighted by Gasteiger charge is 2.65. The van der Waals surface area contributed by atoms with E-state index in [1.165, 1.54) is 0 Å². The van der Waals surface area contributed by atoms with Crippen LogP contribution >= 0.6 is 10.2 Å². The first-order valence-corrected chi connectivity index (χ1v) is 5.69. The Morgan fingerprint density at radius 3 is 2.00 bits per heavy atom. The van der Waals surface area contributed by atoms with Gasteiger partial charge in [-0.2, -0.15) is 0 Å². The molecule has 0 saturated carbocycles. The first-order chi connectivity index (χ1) is 6.44. The molecule has 86 valence electrons. The van der Waals surface area contributed by atoms with E-state index in [1.807, 2.05) is 0 Å². The largest absolute Gasteiger partial charge is 0.310 e. The van der Waals surface area contributed by atoms with Crippen LogP contribution in [0.15, 0.2) is 23.1 Å². The molecule has 0 aromatic heterocycles. The van der Waals surface area contributed by atoms with Crippen molar-refractivity contribution in [1.82, 2.24) is 0 Å². The number of benzene rings is 1. The van der Waals surface area contributed by atoms with Gasteiger partial charge in [-0.1, -0.05) is 19.4 Å². The number of hydrogen-bond donors (Lipinski definition) is 0. The quantitative estimate of drug-likeness (QED) is 0.556. The molecular weight excluding hydrogens is 239 g/mol. The molecular formula is C8H7F5OS. The first kappa shape index (κ1) is 12.0. The fraction of sp³-hybridized carbons (Fsp3) is 0.125. The van der Waals surface area contributed by atoms with Gasteiger partial charge >= 0.3 is 10.2 Å². The molecule has 15 heavy (non-hydrogen) atoms. The fourth-order valence-corrected chi connectivity index (χ4v) is 1.75. The maximum absolute atomic E-state index is 12.3. The lowest BCUT2D eigenvalue weighted by atomic mass is 10.1. The van der Waals surface area contributed by atoms with Crippen molar-refractivity contribution in [1.29, 1.82) is 0 Å². The Hall–Kier alpha value is -1.11. The summed E-state index contributed by atoms with van der Waals surface area (Å²) in [6.45, 7) is 1.16. The van der Waals surface area contributed by atoms with Crippen molar-refractivity contribution in [3.8, 4) is 0 Å². The zero-order valence-corrected chi connectivity index (χ0v) is 8.33. The van der Waals surface area contributed by atoms with Crippen LogP contribution in [0.25, 0.3) is 0 Å². The lowest BCUT2D eigenvalue weighted by Crippen LogP contribution is -2.06. The van der Waals surface area contributed by atoms with Gasteiger partial charge in [0.05, 0.1) is 0 Å². The van der Waals surface area contributed by atoms with Crippen molar-refractivity contribution in [2.75, 3.05) is 0 Å². The van der Waals surface area contributed by atoms with E-state index in [2.05, 4.69) is 0 Å². The van der Waals surface area contributed by atoms with Crippen LogP contribution in [0, 0.1) is 6.92 Å². The highest BCUT2D eigenvalue weighted by Crippen LogP contribution is 3.02. The van der Waals surface area contributed by atoms with E-state index in [1.54, 1.807) is 0 Å². The molecule has 1 aromatic carbocycles. The molecule has 0 radical (unpaired) electrons. The van der Waals surface area contributed by atoms with Crippen molar-refractivity contribution < 1.29 is 24.2 Å². The number of carbonyl (C=O) groups is 1. The van der Waals surface area contributed by atoms with E-state index in [0.717, 1.165) is 13.0 Å². The number of aryl methyl sites for hydroxylation is 1. The summed E-state index contributed by atoms with van der Waals surface area (Å²) in [7, 11) is -9.62. The van der Waals surface area contributed by atoms with Gasteiger partial charge in [0.1, 0.15) is 11.2 Å². The van der Waals surface area contributed by atoms with Crippen molar-refractivity contribution in [2.45, 2.75) is 11.8 Å². The number of halogens is 5. The lowest BCUT2D eigenvalue weighted by molar-refractivity contribution is 0.112. The van der Waals surface area contributed by atoms with E-state index >= 15 is 0 Å². The molecule has 0 aliphatic rings. The number of aldehydes is 1. The van der Waals surface area contributed by atoms with Gasteiger partial charge in [-0.05, 0) is 30.7 Å². The van der Waals surface area contributed by atoms with E-state index in [4.69, 9.17) is 0 Å². The minimum Gasteiger partial charge on any atom is -0.298 e. The van der Waals surface area contributed by atoms with Crippen LogP contribution in [0.3, 0.4) is 0 Å². The van der Waals surface area contributed by atoms with Crippen LogP contribution in [-0.2, 0) is 0 Å². The summed E-state index contributed by atoms with van der Waals surface area (Å²) in [6, 6.07) is 1.24. The normalized spacial score (nSPS) is 16.7. The average Bonchev–Trinajstić information content (AvgIpc) is 2.00. The monoisotopic (exact) mass is 246 g/mol. The minimum absolute atomic E-state index is 0.0411. The second kappa shape index (κ2) is 2.52. The van der Waals surface area contributed by atoms with Crippen molar-refractivity contribution in [2.24, 2.45) is 0 Å². The van der Waals surface area contributed by atoms with Gasteiger partial charge in [0.2, 0.25) is 0 Å². The lowest BCUT2D eigenvalue weighted by Gasteiger charge is -2.40. The van der Waals surface area contributed by atoms with Gasteiger partial charge in [0, 0.05) is 5.56 Å². The summed E-state index contributed by atoms with van der Waals surface area (Å²) in [6.07, 6.45) is 0.310. The van der Waals surface area contributed by atoms with E-state index < -0.39 is 15.1 Å². The van der Waals surface area contributed by atoms with E-state index in [0.29, 0.717) is 6.29 Å². The predicted molar refractivity (Wildman–Crippen MR) is 48.0 cm³/mol. The molecule has 0 amide bonds. The van der Waals surface area contributed by atoms with Gasteiger partial charge in [-0.3, -0.25) is 4.79 Å².